The molecule has 1 aromatic heterocycles. The molecule has 1 heterocycles. The zero-order valence-electron chi connectivity index (χ0n) is 11.9. The Bertz CT molecular complexity index is 813. The predicted molar refractivity (Wildman–Crippen MR) is 75.6 cm³/mol. The van der Waals surface area contributed by atoms with E-state index in [0.29, 0.717) is 11.3 Å². The van der Waals surface area contributed by atoms with Crippen LogP contribution in [0.1, 0.15) is 5.56 Å². The maximum atomic E-state index is 13.7. The molecule has 3 aromatic rings. The molecule has 0 saturated carbocycles. The normalized spacial score (nSPS) is 11.5. The van der Waals surface area contributed by atoms with Crippen molar-refractivity contribution in [1.29, 1.82) is 0 Å². The van der Waals surface area contributed by atoms with E-state index in [4.69, 9.17) is 9.15 Å². The quantitative estimate of drug-likeness (QED) is 0.543. The van der Waals surface area contributed by atoms with Gasteiger partial charge in [-0.3, -0.25) is 0 Å². The third-order valence-electron chi connectivity index (χ3n) is 3.21. The Morgan fingerprint density at radius 3 is 2.00 bits per heavy atom. The first-order valence-corrected chi connectivity index (χ1v) is 6.72. The van der Waals surface area contributed by atoms with E-state index in [1.165, 1.54) is 18.4 Å². The number of benzene rings is 2. The summed E-state index contributed by atoms with van der Waals surface area (Å²) in [5.41, 5.74) is -0.710. The number of rotatable bonds is 3. The summed E-state index contributed by atoms with van der Waals surface area (Å²) in [6.45, 7) is 0. The highest BCUT2D eigenvalue weighted by Gasteiger charge is 2.33. The van der Waals surface area contributed by atoms with Gasteiger partial charge in [0.25, 0.3) is 0 Å². The fourth-order valence-electron chi connectivity index (χ4n) is 2.07. The molecular weight excluding hydrogens is 331 g/mol. The van der Waals surface area contributed by atoms with Crippen LogP contribution in [0.3, 0.4) is 0 Å². The molecule has 0 unspecified atom stereocenters. The average Bonchev–Trinajstić information content (AvgIpc) is 3.05. The Hall–Kier alpha value is -2.83. The minimum absolute atomic E-state index is 0.0721. The molecule has 0 saturated heterocycles. The molecule has 0 bridgehead atoms. The Morgan fingerprint density at radius 1 is 0.875 bits per heavy atom. The van der Waals surface area contributed by atoms with E-state index in [1.807, 2.05) is 0 Å². The van der Waals surface area contributed by atoms with E-state index >= 15 is 0 Å². The SMILES string of the molecule is Fc1cc(C(F)(F)F)cc(F)c1Oc1ccc(-c2ccco2)cc1. The summed E-state index contributed by atoms with van der Waals surface area (Å²) in [7, 11) is 0. The molecule has 2 nitrogen and oxygen atoms in total. The molecule has 0 radical (unpaired) electrons. The number of alkyl halides is 3. The maximum Gasteiger partial charge on any atom is 0.416 e. The summed E-state index contributed by atoms with van der Waals surface area (Å²) in [6, 6.07) is 9.84. The van der Waals surface area contributed by atoms with Crippen molar-refractivity contribution in [1.82, 2.24) is 0 Å². The van der Waals surface area contributed by atoms with Crippen molar-refractivity contribution in [3.63, 3.8) is 0 Å². The zero-order valence-corrected chi connectivity index (χ0v) is 11.9. The summed E-state index contributed by atoms with van der Waals surface area (Å²) in [4.78, 5) is 0. The molecule has 0 amide bonds. The average molecular weight is 340 g/mol. The second-order valence-electron chi connectivity index (χ2n) is 4.87. The summed E-state index contributed by atoms with van der Waals surface area (Å²) in [5.74, 6) is -3.10. The van der Waals surface area contributed by atoms with Crippen LogP contribution in [0, 0.1) is 11.6 Å². The Kier molecular flexibility index (Phi) is 4.01. The van der Waals surface area contributed by atoms with Gasteiger partial charge in [-0.05, 0) is 48.5 Å². The highest BCUT2D eigenvalue weighted by molar-refractivity contribution is 5.58. The molecule has 24 heavy (non-hydrogen) atoms. The van der Waals surface area contributed by atoms with Crippen molar-refractivity contribution < 1.29 is 31.1 Å². The lowest BCUT2D eigenvalue weighted by atomic mass is 10.1. The summed E-state index contributed by atoms with van der Waals surface area (Å²) in [5, 5.41) is 0. The Morgan fingerprint density at radius 2 is 1.50 bits per heavy atom. The second kappa shape index (κ2) is 5.99. The minimum Gasteiger partial charge on any atom is -0.464 e. The van der Waals surface area contributed by atoms with Crippen LogP contribution in [0.2, 0.25) is 0 Å². The van der Waals surface area contributed by atoms with Crippen LogP contribution in [-0.4, -0.2) is 0 Å². The molecule has 0 spiro atoms. The van der Waals surface area contributed by atoms with Crippen LogP contribution in [0.4, 0.5) is 22.0 Å². The standard InChI is InChI=1S/C17H9F5O2/c18-13-8-11(17(20,21)22)9-14(19)16(13)24-12-5-3-10(4-6-12)15-2-1-7-23-15/h1-9H. The van der Waals surface area contributed by atoms with Crippen LogP contribution in [0.15, 0.2) is 59.2 Å². The van der Waals surface area contributed by atoms with E-state index in [1.54, 1.807) is 24.3 Å². The molecule has 0 atom stereocenters. The van der Waals surface area contributed by atoms with Crippen LogP contribution in [0.25, 0.3) is 11.3 Å². The molecule has 0 aliphatic carbocycles. The Labute approximate surface area is 133 Å². The zero-order chi connectivity index (χ0) is 17.3. The molecule has 124 valence electrons. The first kappa shape index (κ1) is 16.0. The van der Waals surface area contributed by atoms with E-state index in [2.05, 4.69) is 0 Å². The van der Waals surface area contributed by atoms with Crippen LogP contribution < -0.4 is 4.74 Å². The Balaban J connectivity index is 1.86. The fourth-order valence-corrected chi connectivity index (χ4v) is 2.07. The van der Waals surface area contributed by atoms with Crippen LogP contribution in [-0.2, 0) is 6.18 Å². The van der Waals surface area contributed by atoms with E-state index in [0.717, 1.165) is 0 Å². The van der Waals surface area contributed by atoms with Gasteiger partial charge in [0.1, 0.15) is 11.5 Å². The van der Waals surface area contributed by atoms with Gasteiger partial charge >= 0.3 is 6.18 Å². The summed E-state index contributed by atoms with van der Waals surface area (Å²) < 4.78 is 75.2. The van der Waals surface area contributed by atoms with Crippen LogP contribution in [0.5, 0.6) is 11.5 Å². The molecule has 2 aromatic carbocycles. The van der Waals surface area contributed by atoms with Gasteiger partial charge in [-0.2, -0.15) is 13.2 Å². The molecular formula is C17H9F5O2. The minimum atomic E-state index is -4.84. The monoisotopic (exact) mass is 340 g/mol. The largest absolute Gasteiger partial charge is 0.464 e. The molecule has 3 rings (SSSR count). The molecule has 0 aliphatic rings. The number of ether oxygens (including phenoxy) is 1. The summed E-state index contributed by atoms with van der Waals surface area (Å²) in [6.07, 6.45) is -3.35. The third-order valence-corrected chi connectivity index (χ3v) is 3.21. The number of halogens is 5. The van der Waals surface area contributed by atoms with Gasteiger partial charge in [-0.25, -0.2) is 8.78 Å². The van der Waals surface area contributed by atoms with E-state index < -0.39 is 29.1 Å². The lowest BCUT2D eigenvalue weighted by Gasteiger charge is -2.12. The highest BCUT2D eigenvalue weighted by atomic mass is 19.4. The van der Waals surface area contributed by atoms with Gasteiger partial charge in [0.05, 0.1) is 11.8 Å². The smallest absolute Gasteiger partial charge is 0.416 e. The van der Waals surface area contributed by atoms with Gasteiger partial charge < -0.3 is 9.15 Å². The van der Waals surface area contributed by atoms with Crippen molar-refractivity contribution in [2.24, 2.45) is 0 Å². The lowest BCUT2D eigenvalue weighted by Crippen LogP contribution is -2.07. The van der Waals surface area contributed by atoms with Gasteiger partial charge in [0.2, 0.25) is 0 Å². The van der Waals surface area contributed by atoms with Crippen molar-refractivity contribution in [2.75, 3.05) is 0 Å². The second-order valence-corrected chi connectivity index (χ2v) is 4.87. The number of hydrogen-bond donors (Lipinski definition) is 0. The third kappa shape index (κ3) is 3.24. The number of hydrogen-bond acceptors (Lipinski definition) is 2. The first-order chi connectivity index (χ1) is 11.3. The van der Waals surface area contributed by atoms with Gasteiger partial charge in [0.15, 0.2) is 17.4 Å². The molecule has 0 N–H and O–H groups in total. The van der Waals surface area contributed by atoms with E-state index in [-0.39, 0.29) is 17.9 Å². The first-order valence-electron chi connectivity index (χ1n) is 6.72. The van der Waals surface area contributed by atoms with Gasteiger partial charge in [-0.15, -0.1) is 0 Å². The van der Waals surface area contributed by atoms with Crippen molar-refractivity contribution in [2.45, 2.75) is 6.18 Å². The van der Waals surface area contributed by atoms with Gasteiger partial charge in [0, 0.05) is 5.56 Å². The lowest BCUT2D eigenvalue weighted by molar-refractivity contribution is -0.138. The van der Waals surface area contributed by atoms with Crippen molar-refractivity contribution in [3.05, 3.63) is 72.0 Å². The topological polar surface area (TPSA) is 22.4 Å². The fraction of sp³-hybridized carbons (Fsp3) is 0.0588. The highest BCUT2D eigenvalue weighted by Crippen LogP contribution is 2.35. The molecule has 7 heteroatoms. The molecule has 0 aliphatic heterocycles. The number of furan rings is 1. The van der Waals surface area contributed by atoms with Gasteiger partial charge in [-0.1, -0.05) is 0 Å². The van der Waals surface area contributed by atoms with E-state index in [9.17, 15) is 22.0 Å². The predicted octanol–water partition coefficient (Wildman–Crippen LogP) is 6.04. The van der Waals surface area contributed by atoms with Crippen molar-refractivity contribution >= 4 is 0 Å². The van der Waals surface area contributed by atoms with Crippen LogP contribution >= 0.6 is 0 Å². The van der Waals surface area contributed by atoms with Crippen molar-refractivity contribution in [3.8, 4) is 22.8 Å². The summed E-state index contributed by atoms with van der Waals surface area (Å²) >= 11 is 0. The molecule has 0 fully saturated rings. The maximum absolute atomic E-state index is 13.7.